The third-order valence-corrected chi connectivity index (χ3v) is 3.02. The number of aromatic nitrogens is 1. The first kappa shape index (κ1) is 12.4. The molecule has 92 valence electrons. The predicted molar refractivity (Wildman–Crippen MR) is 78.0 cm³/mol. The van der Waals surface area contributed by atoms with Crippen LogP contribution in [0.3, 0.4) is 0 Å². The van der Waals surface area contributed by atoms with Gasteiger partial charge in [-0.2, -0.15) is 0 Å². The molecule has 0 amide bonds. The smallest absolute Gasteiger partial charge is 0.197 e. The molecule has 0 fully saturated rings. The molecule has 0 bridgehead atoms. The highest BCUT2D eigenvalue weighted by molar-refractivity contribution is 5.93. The summed E-state index contributed by atoms with van der Waals surface area (Å²) in [6.45, 7) is 4.00. The van der Waals surface area contributed by atoms with Gasteiger partial charge in [-0.3, -0.25) is 4.79 Å². The summed E-state index contributed by atoms with van der Waals surface area (Å²) in [6, 6.07) is 15.4. The van der Waals surface area contributed by atoms with Gasteiger partial charge in [0.25, 0.3) is 0 Å². The molecule has 0 aliphatic carbocycles. The summed E-state index contributed by atoms with van der Waals surface area (Å²) in [4.78, 5) is 12.2. The molecule has 18 heavy (non-hydrogen) atoms. The summed E-state index contributed by atoms with van der Waals surface area (Å²) in [5.74, 6) is 0. The Balaban J connectivity index is 0.000000574. The Morgan fingerprint density at radius 2 is 1.17 bits per heavy atom. The van der Waals surface area contributed by atoms with Crippen LogP contribution in [0.4, 0.5) is 0 Å². The van der Waals surface area contributed by atoms with Gasteiger partial charge >= 0.3 is 0 Å². The molecular weight excluding hydrogens is 222 g/mol. The Morgan fingerprint density at radius 3 is 1.61 bits per heavy atom. The lowest BCUT2D eigenvalue weighted by Gasteiger charge is -2.09. The zero-order chi connectivity index (χ0) is 13.1. The molecule has 0 aliphatic rings. The second-order valence-electron chi connectivity index (χ2n) is 3.92. The van der Waals surface area contributed by atoms with Gasteiger partial charge in [-0.05, 0) is 24.3 Å². The van der Waals surface area contributed by atoms with Crippen LogP contribution in [-0.4, -0.2) is 4.57 Å². The molecule has 1 heterocycles. The van der Waals surface area contributed by atoms with Crippen molar-refractivity contribution >= 4 is 21.8 Å². The van der Waals surface area contributed by atoms with Crippen molar-refractivity contribution in [2.75, 3.05) is 0 Å². The van der Waals surface area contributed by atoms with Crippen LogP contribution in [0.1, 0.15) is 13.8 Å². The van der Waals surface area contributed by atoms with E-state index in [1.807, 2.05) is 69.4 Å². The van der Waals surface area contributed by atoms with E-state index in [0.29, 0.717) is 0 Å². The maximum Gasteiger partial charge on any atom is 0.197 e. The molecule has 3 aromatic rings. The quantitative estimate of drug-likeness (QED) is 0.548. The Hall–Kier alpha value is -2.09. The standard InChI is InChI=1S/C14H11NO.C2H6/c1-15-12-8-4-2-6-10(12)14(16)11-7-3-5-9-13(11)15;1-2/h2-9H,1H3;1-2H3. The van der Waals surface area contributed by atoms with Crippen molar-refractivity contribution in [2.45, 2.75) is 13.8 Å². The van der Waals surface area contributed by atoms with Crippen molar-refractivity contribution < 1.29 is 0 Å². The first-order valence-corrected chi connectivity index (χ1v) is 6.25. The topological polar surface area (TPSA) is 22.0 Å². The van der Waals surface area contributed by atoms with Gasteiger partial charge in [-0.15, -0.1) is 0 Å². The number of para-hydroxylation sites is 2. The van der Waals surface area contributed by atoms with E-state index >= 15 is 0 Å². The van der Waals surface area contributed by atoms with Gasteiger partial charge in [-0.25, -0.2) is 0 Å². The summed E-state index contributed by atoms with van der Waals surface area (Å²) in [5, 5.41) is 1.56. The number of benzene rings is 2. The summed E-state index contributed by atoms with van der Waals surface area (Å²) in [7, 11) is 1.99. The SMILES string of the molecule is CC.Cn1c2ccccc2c(=O)c2ccccc21. The number of rotatable bonds is 0. The molecule has 0 atom stereocenters. The summed E-state index contributed by atoms with van der Waals surface area (Å²) < 4.78 is 2.06. The third-order valence-electron chi connectivity index (χ3n) is 3.02. The summed E-state index contributed by atoms with van der Waals surface area (Å²) in [6.07, 6.45) is 0. The molecule has 2 nitrogen and oxygen atoms in total. The average Bonchev–Trinajstić information content (AvgIpc) is 2.47. The molecule has 3 rings (SSSR count). The van der Waals surface area contributed by atoms with Gasteiger partial charge in [0.15, 0.2) is 5.43 Å². The van der Waals surface area contributed by atoms with Gasteiger partial charge in [0.05, 0.1) is 11.0 Å². The van der Waals surface area contributed by atoms with Crippen molar-refractivity contribution in [2.24, 2.45) is 7.05 Å². The molecule has 0 aliphatic heterocycles. The van der Waals surface area contributed by atoms with Crippen molar-refractivity contribution in [1.29, 1.82) is 0 Å². The van der Waals surface area contributed by atoms with Crippen LogP contribution in [-0.2, 0) is 7.05 Å². The second kappa shape index (κ2) is 5.05. The van der Waals surface area contributed by atoms with Crippen LogP contribution in [0.15, 0.2) is 53.3 Å². The van der Waals surface area contributed by atoms with Crippen LogP contribution >= 0.6 is 0 Å². The normalized spacial score (nSPS) is 10.2. The van der Waals surface area contributed by atoms with E-state index in [0.717, 1.165) is 21.8 Å². The van der Waals surface area contributed by atoms with Crippen molar-refractivity contribution in [3.8, 4) is 0 Å². The highest BCUT2D eigenvalue weighted by Crippen LogP contribution is 2.16. The minimum atomic E-state index is 0.115. The van der Waals surface area contributed by atoms with E-state index in [4.69, 9.17) is 0 Å². The number of aryl methyl sites for hydroxylation is 1. The van der Waals surface area contributed by atoms with Gasteiger partial charge in [0.2, 0.25) is 0 Å². The van der Waals surface area contributed by atoms with E-state index in [2.05, 4.69) is 4.57 Å². The lowest BCUT2D eigenvalue weighted by molar-refractivity contribution is 1.00. The van der Waals surface area contributed by atoms with Crippen LogP contribution in [0.25, 0.3) is 21.8 Å². The van der Waals surface area contributed by atoms with Gasteiger partial charge in [0, 0.05) is 17.8 Å². The number of nitrogens with zero attached hydrogens (tertiary/aromatic N) is 1. The van der Waals surface area contributed by atoms with E-state index < -0.39 is 0 Å². The molecule has 0 N–H and O–H groups in total. The fourth-order valence-electron chi connectivity index (χ4n) is 2.19. The molecule has 0 saturated carbocycles. The minimum Gasteiger partial charge on any atom is -0.343 e. The highest BCUT2D eigenvalue weighted by atomic mass is 16.1. The lowest BCUT2D eigenvalue weighted by Crippen LogP contribution is -2.08. The van der Waals surface area contributed by atoms with Crippen molar-refractivity contribution in [1.82, 2.24) is 4.57 Å². The first-order valence-electron chi connectivity index (χ1n) is 6.25. The zero-order valence-electron chi connectivity index (χ0n) is 11.0. The van der Waals surface area contributed by atoms with Crippen LogP contribution in [0.2, 0.25) is 0 Å². The van der Waals surface area contributed by atoms with Gasteiger partial charge in [-0.1, -0.05) is 38.1 Å². The molecular formula is C16H17NO. The van der Waals surface area contributed by atoms with Crippen LogP contribution in [0, 0.1) is 0 Å². The first-order chi connectivity index (χ1) is 8.79. The summed E-state index contributed by atoms with van der Waals surface area (Å²) in [5.41, 5.74) is 2.07. The van der Waals surface area contributed by atoms with Gasteiger partial charge < -0.3 is 4.57 Å². The second-order valence-corrected chi connectivity index (χ2v) is 3.92. The lowest BCUT2D eigenvalue weighted by atomic mass is 10.1. The predicted octanol–water partition coefficient (Wildman–Crippen LogP) is 3.72. The molecule has 0 saturated heterocycles. The maximum atomic E-state index is 12.2. The molecule has 0 unspecified atom stereocenters. The fraction of sp³-hybridized carbons (Fsp3) is 0.188. The molecule has 0 spiro atoms. The molecule has 1 aromatic heterocycles. The van der Waals surface area contributed by atoms with E-state index in [-0.39, 0.29) is 5.43 Å². The molecule has 2 heteroatoms. The highest BCUT2D eigenvalue weighted by Gasteiger charge is 2.06. The van der Waals surface area contributed by atoms with Crippen molar-refractivity contribution in [3.63, 3.8) is 0 Å². The molecule has 0 radical (unpaired) electrons. The van der Waals surface area contributed by atoms with Crippen LogP contribution in [0.5, 0.6) is 0 Å². The van der Waals surface area contributed by atoms with Gasteiger partial charge in [0.1, 0.15) is 0 Å². The van der Waals surface area contributed by atoms with E-state index in [9.17, 15) is 4.79 Å². The third kappa shape index (κ3) is 1.80. The van der Waals surface area contributed by atoms with Crippen LogP contribution < -0.4 is 5.43 Å². The fourth-order valence-corrected chi connectivity index (χ4v) is 2.19. The maximum absolute atomic E-state index is 12.2. The number of pyridine rings is 1. The monoisotopic (exact) mass is 239 g/mol. The Labute approximate surface area is 106 Å². The zero-order valence-corrected chi connectivity index (χ0v) is 11.0. The Morgan fingerprint density at radius 1 is 0.778 bits per heavy atom. The van der Waals surface area contributed by atoms with E-state index in [1.54, 1.807) is 0 Å². The van der Waals surface area contributed by atoms with E-state index in [1.165, 1.54) is 0 Å². The minimum absolute atomic E-state index is 0.115. The van der Waals surface area contributed by atoms with Crippen molar-refractivity contribution in [3.05, 3.63) is 58.8 Å². The number of hydrogen-bond donors (Lipinski definition) is 0. The molecule has 2 aromatic carbocycles. The average molecular weight is 239 g/mol. The largest absolute Gasteiger partial charge is 0.343 e. The number of fused-ring (bicyclic) bond motifs is 2. The summed E-state index contributed by atoms with van der Waals surface area (Å²) >= 11 is 0. The number of hydrogen-bond acceptors (Lipinski definition) is 1. The Bertz CT molecular complexity index is 681. The Kier molecular flexibility index (Phi) is 3.47.